The molecule has 1 aromatic heterocycles. The molecule has 9 heteroatoms. The predicted octanol–water partition coefficient (Wildman–Crippen LogP) is 1.14. The molecule has 0 radical (unpaired) electrons. The molecule has 2 rings (SSSR count). The molecule has 1 aliphatic rings. The van der Waals surface area contributed by atoms with Gasteiger partial charge in [0.2, 0.25) is 5.82 Å². The third kappa shape index (κ3) is 2.69. The predicted molar refractivity (Wildman–Crippen MR) is 75.0 cm³/mol. The van der Waals surface area contributed by atoms with Gasteiger partial charge in [0.15, 0.2) is 0 Å². The highest BCUT2D eigenvalue weighted by Gasteiger charge is 2.38. The minimum Gasteiger partial charge on any atom is -0.480 e. The first-order valence-electron chi connectivity index (χ1n) is 6.60. The van der Waals surface area contributed by atoms with E-state index >= 15 is 0 Å². The number of methoxy groups -OCH3 is 1. The lowest BCUT2D eigenvalue weighted by Gasteiger charge is -2.23. The minimum atomic E-state index is -1.07. The van der Waals surface area contributed by atoms with Gasteiger partial charge in [-0.25, -0.2) is 14.6 Å². The molecule has 1 fully saturated rings. The molecule has 1 saturated heterocycles. The van der Waals surface area contributed by atoms with Crippen molar-refractivity contribution in [2.75, 3.05) is 18.6 Å². The average molecular weight is 309 g/mol. The highest BCUT2D eigenvalue weighted by molar-refractivity contribution is 5.97. The van der Waals surface area contributed by atoms with Crippen LogP contribution in [0.5, 0.6) is 0 Å². The number of aliphatic carboxylic acids is 1. The minimum absolute atomic E-state index is 0.102. The van der Waals surface area contributed by atoms with E-state index < -0.39 is 28.6 Å². The maximum Gasteiger partial charge on any atom is 0.345 e. The van der Waals surface area contributed by atoms with Gasteiger partial charge in [0, 0.05) is 12.2 Å². The van der Waals surface area contributed by atoms with E-state index in [1.54, 1.807) is 6.92 Å². The molecule has 1 aromatic rings. The summed E-state index contributed by atoms with van der Waals surface area (Å²) in [5.74, 6) is -2.03. The SMILES string of the molecule is COC(=O)c1cc(C)nc(N2CCCC2C(=O)O)c1[N+](=O)[O-]. The van der Waals surface area contributed by atoms with Crippen LogP contribution in [0.25, 0.3) is 0 Å². The molecule has 0 aliphatic carbocycles. The number of aryl methyl sites for hydroxylation is 1. The van der Waals surface area contributed by atoms with Crippen LogP contribution in [-0.4, -0.2) is 46.6 Å². The van der Waals surface area contributed by atoms with Gasteiger partial charge in [-0.1, -0.05) is 0 Å². The molecular formula is C13H15N3O6. The van der Waals surface area contributed by atoms with Gasteiger partial charge in [-0.3, -0.25) is 10.1 Å². The number of hydrogen-bond donors (Lipinski definition) is 1. The van der Waals surface area contributed by atoms with Crippen LogP contribution >= 0.6 is 0 Å². The Morgan fingerprint density at radius 1 is 1.55 bits per heavy atom. The van der Waals surface area contributed by atoms with Crippen LogP contribution in [0.1, 0.15) is 28.9 Å². The van der Waals surface area contributed by atoms with Crippen LogP contribution in [0.4, 0.5) is 11.5 Å². The van der Waals surface area contributed by atoms with Crippen LogP contribution in [0.15, 0.2) is 6.07 Å². The van der Waals surface area contributed by atoms with Crippen LogP contribution < -0.4 is 4.90 Å². The summed E-state index contributed by atoms with van der Waals surface area (Å²) in [6.07, 6.45) is 0.951. The number of carbonyl (C=O) groups is 2. The number of carbonyl (C=O) groups excluding carboxylic acids is 1. The monoisotopic (exact) mass is 309 g/mol. The summed E-state index contributed by atoms with van der Waals surface area (Å²) in [5.41, 5.74) is -0.381. The molecule has 0 amide bonds. The van der Waals surface area contributed by atoms with Gasteiger partial charge in [-0.15, -0.1) is 0 Å². The Balaban J connectivity index is 2.64. The number of esters is 1. The summed E-state index contributed by atoms with van der Waals surface area (Å²) in [4.78, 5) is 39.2. The third-order valence-electron chi connectivity index (χ3n) is 3.50. The zero-order valence-corrected chi connectivity index (χ0v) is 12.1. The number of nitro groups is 1. The first kappa shape index (κ1) is 15.7. The second-order valence-electron chi connectivity index (χ2n) is 4.92. The largest absolute Gasteiger partial charge is 0.480 e. The lowest BCUT2D eigenvalue weighted by Crippen LogP contribution is -2.37. The van der Waals surface area contributed by atoms with Gasteiger partial charge in [-0.2, -0.15) is 0 Å². The van der Waals surface area contributed by atoms with Crippen molar-refractivity contribution in [3.05, 3.63) is 27.4 Å². The normalized spacial score (nSPS) is 17.4. The van der Waals surface area contributed by atoms with E-state index in [2.05, 4.69) is 9.72 Å². The van der Waals surface area contributed by atoms with Crippen molar-refractivity contribution in [2.45, 2.75) is 25.8 Å². The van der Waals surface area contributed by atoms with Gasteiger partial charge in [0.05, 0.1) is 12.0 Å². The maximum atomic E-state index is 11.8. The molecule has 1 atom stereocenters. The van der Waals surface area contributed by atoms with E-state index in [0.717, 1.165) is 7.11 Å². The number of carboxylic acids is 1. The van der Waals surface area contributed by atoms with Gasteiger partial charge in [0.25, 0.3) is 0 Å². The third-order valence-corrected chi connectivity index (χ3v) is 3.50. The first-order chi connectivity index (χ1) is 10.4. The van der Waals surface area contributed by atoms with E-state index in [-0.39, 0.29) is 11.4 Å². The van der Waals surface area contributed by atoms with Gasteiger partial charge in [0.1, 0.15) is 11.6 Å². The zero-order chi connectivity index (χ0) is 16.4. The molecule has 1 N–H and O–H groups in total. The van der Waals surface area contributed by atoms with E-state index in [9.17, 15) is 24.8 Å². The van der Waals surface area contributed by atoms with Crippen LogP contribution in [0.3, 0.4) is 0 Å². The number of nitrogens with zero attached hydrogens (tertiary/aromatic N) is 3. The Labute approximate surface area is 125 Å². The summed E-state index contributed by atoms with van der Waals surface area (Å²) in [6.45, 7) is 1.90. The Morgan fingerprint density at radius 3 is 2.77 bits per heavy atom. The average Bonchev–Trinajstić information content (AvgIpc) is 2.94. The Kier molecular flexibility index (Phi) is 4.25. The summed E-state index contributed by atoms with van der Waals surface area (Å²) >= 11 is 0. The van der Waals surface area contributed by atoms with E-state index in [1.807, 2.05) is 0 Å². The van der Waals surface area contributed by atoms with Crippen LogP contribution in [0, 0.1) is 17.0 Å². The second-order valence-corrected chi connectivity index (χ2v) is 4.92. The molecule has 1 unspecified atom stereocenters. The van der Waals surface area contributed by atoms with Crippen molar-refractivity contribution in [1.29, 1.82) is 0 Å². The summed E-state index contributed by atoms with van der Waals surface area (Å²) in [6, 6.07) is 0.373. The fraction of sp³-hybridized carbons (Fsp3) is 0.462. The number of rotatable bonds is 4. The number of carboxylic acid groups (broad SMARTS) is 1. The smallest absolute Gasteiger partial charge is 0.345 e. The fourth-order valence-corrected chi connectivity index (χ4v) is 2.57. The van der Waals surface area contributed by atoms with Crippen molar-refractivity contribution in [1.82, 2.24) is 4.98 Å². The van der Waals surface area contributed by atoms with Crippen molar-refractivity contribution in [3.8, 4) is 0 Å². The Hall–Kier alpha value is -2.71. The molecule has 0 aromatic carbocycles. The molecule has 118 valence electrons. The van der Waals surface area contributed by atoms with Gasteiger partial charge in [-0.05, 0) is 25.8 Å². The standard InChI is InChI=1S/C13H15N3O6/c1-7-6-8(13(19)22-2)10(16(20)21)11(14-7)15-5-3-4-9(15)12(17)18/h6,9H,3-5H2,1-2H3,(H,17,18). The molecular weight excluding hydrogens is 294 g/mol. The topological polar surface area (TPSA) is 123 Å². The van der Waals surface area contributed by atoms with Crippen molar-refractivity contribution < 1.29 is 24.4 Å². The fourth-order valence-electron chi connectivity index (χ4n) is 2.57. The number of pyridine rings is 1. The maximum absolute atomic E-state index is 11.8. The number of anilines is 1. The van der Waals surface area contributed by atoms with Crippen LogP contribution in [0.2, 0.25) is 0 Å². The lowest BCUT2D eigenvalue weighted by atomic mass is 10.1. The molecule has 1 aliphatic heterocycles. The van der Waals surface area contributed by atoms with Gasteiger partial charge >= 0.3 is 17.6 Å². The highest BCUT2D eigenvalue weighted by Crippen LogP contribution is 2.35. The van der Waals surface area contributed by atoms with E-state index in [0.29, 0.717) is 25.1 Å². The molecule has 0 bridgehead atoms. The zero-order valence-electron chi connectivity index (χ0n) is 12.1. The molecule has 2 heterocycles. The number of hydrogen-bond acceptors (Lipinski definition) is 7. The van der Waals surface area contributed by atoms with Gasteiger partial charge < -0.3 is 14.7 Å². The Bertz CT molecular complexity index is 645. The molecule has 0 saturated carbocycles. The number of aromatic nitrogens is 1. The summed E-state index contributed by atoms with van der Waals surface area (Å²) in [5, 5.41) is 20.6. The molecule has 9 nitrogen and oxygen atoms in total. The summed E-state index contributed by atoms with van der Waals surface area (Å²) in [7, 11) is 1.12. The highest BCUT2D eigenvalue weighted by atomic mass is 16.6. The second kappa shape index (κ2) is 5.96. The Morgan fingerprint density at radius 2 is 2.23 bits per heavy atom. The molecule has 0 spiro atoms. The lowest BCUT2D eigenvalue weighted by molar-refractivity contribution is -0.384. The van der Waals surface area contributed by atoms with E-state index in [4.69, 9.17) is 0 Å². The number of ether oxygens (including phenoxy) is 1. The van der Waals surface area contributed by atoms with Crippen LogP contribution in [-0.2, 0) is 9.53 Å². The van der Waals surface area contributed by atoms with Crippen molar-refractivity contribution >= 4 is 23.4 Å². The first-order valence-corrected chi connectivity index (χ1v) is 6.60. The van der Waals surface area contributed by atoms with Crippen molar-refractivity contribution in [2.24, 2.45) is 0 Å². The quantitative estimate of drug-likeness (QED) is 0.499. The van der Waals surface area contributed by atoms with E-state index in [1.165, 1.54) is 11.0 Å². The molecule has 22 heavy (non-hydrogen) atoms. The van der Waals surface area contributed by atoms with Crippen molar-refractivity contribution in [3.63, 3.8) is 0 Å². The summed E-state index contributed by atoms with van der Waals surface area (Å²) < 4.78 is 4.57.